The number of ether oxygens (including phenoxy) is 1. The molecular formula is C12H12F5NO2S. The Balaban J connectivity index is 2.15. The summed E-state index contributed by atoms with van der Waals surface area (Å²) in [7, 11) is -2.32. The smallest absolute Gasteiger partial charge is 0.200 e. The molecule has 1 fully saturated rings. The van der Waals surface area contributed by atoms with Crippen molar-refractivity contribution in [1.29, 1.82) is 0 Å². The van der Waals surface area contributed by atoms with E-state index in [0.29, 0.717) is 26.3 Å². The lowest BCUT2D eigenvalue weighted by Crippen LogP contribution is -2.38. The summed E-state index contributed by atoms with van der Waals surface area (Å²) in [6.45, 7) is 2.31. The lowest BCUT2D eigenvalue weighted by atomic mass is 10.3. The van der Waals surface area contributed by atoms with Crippen LogP contribution in [0.3, 0.4) is 0 Å². The number of nitrogens with zero attached hydrogens (tertiary/aromatic N) is 1. The summed E-state index contributed by atoms with van der Waals surface area (Å²) in [5.41, 5.74) is 0. The molecule has 1 aliphatic heterocycles. The third kappa shape index (κ3) is 3.41. The van der Waals surface area contributed by atoms with Crippen LogP contribution in [0.4, 0.5) is 22.0 Å². The first-order valence-corrected chi connectivity index (χ1v) is 7.45. The van der Waals surface area contributed by atoms with Gasteiger partial charge in [0.15, 0.2) is 23.3 Å². The molecule has 1 atom stereocenters. The minimum Gasteiger partial charge on any atom is -0.379 e. The predicted molar refractivity (Wildman–Crippen MR) is 64.8 cm³/mol. The highest BCUT2D eigenvalue weighted by atomic mass is 32.2. The van der Waals surface area contributed by atoms with E-state index in [-0.39, 0.29) is 12.3 Å². The van der Waals surface area contributed by atoms with Crippen LogP contribution in [0.15, 0.2) is 4.90 Å². The first-order chi connectivity index (χ1) is 9.93. The Bertz CT molecular complexity index is 534. The van der Waals surface area contributed by atoms with Crippen molar-refractivity contribution in [2.45, 2.75) is 4.90 Å². The number of hydrogen-bond acceptors (Lipinski definition) is 3. The van der Waals surface area contributed by atoms with Crippen LogP contribution in [0, 0.1) is 29.1 Å². The zero-order valence-electron chi connectivity index (χ0n) is 10.8. The van der Waals surface area contributed by atoms with E-state index in [1.807, 2.05) is 4.90 Å². The third-order valence-electron chi connectivity index (χ3n) is 3.09. The molecule has 1 saturated heterocycles. The summed E-state index contributed by atoms with van der Waals surface area (Å²) in [5.74, 6) is -10.7. The number of hydrogen-bond donors (Lipinski definition) is 0. The van der Waals surface area contributed by atoms with Gasteiger partial charge in [-0.15, -0.1) is 0 Å². The van der Waals surface area contributed by atoms with Crippen molar-refractivity contribution in [2.24, 2.45) is 0 Å². The maximum atomic E-state index is 13.5. The van der Waals surface area contributed by atoms with Crippen LogP contribution < -0.4 is 0 Å². The predicted octanol–water partition coefficient (Wildman–Crippen LogP) is 1.82. The van der Waals surface area contributed by atoms with Crippen molar-refractivity contribution in [3.05, 3.63) is 29.1 Å². The first kappa shape index (κ1) is 16.3. The van der Waals surface area contributed by atoms with Gasteiger partial charge in [0.05, 0.1) is 24.0 Å². The second-order valence-electron chi connectivity index (χ2n) is 4.40. The Morgan fingerprint density at radius 3 is 1.90 bits per heavy atom. The van der Waals surface area contributed by atoms with Crippen LogP contribution in [-0.2, 0) is 15.5 Å². The van der Waals surface area contributed by atoms with Crippen LogP contribution in [0.2, 0.25) is 0 Å². The molecule has 0 aliphatic carbocycles. The average molecular weight is 329 g/mol. The fourth-order valence-corrected chi connectivity index (χ4v) is 3.13. The van der Waals surface area contributed by atoms with Gasteiger partial charge in [0, 0.05) is 25.4 Å². The van der Waals surface area contributed by atoms with E-state index in [9.17, 15) is 26.2 Å². The van der Waals surface area contributed by atoms with Gasteiger partial charge in [0.2, 0.25) is 5.82 Å². The summed E-state index contributed by atoms with van der Waals surface area (Å²) in [6, 6.07) is 0. The minimum absolute atomic E-state index is 0.218. The topological polar surface area (TPSA) is 29.5 Å². The maximum absolute atomic E-state index is 13.5. The van der Waals surface area contributed by atoms with Crippen molar-refractivity contribution in [2.75, 3.05) is 38.6 Å². The second kappa shape index (κ2) is 6.80. The standard InChI is InChI=1S/C12H12F5NO2S/c13-7-8(14)10(16)12(11(17)9(7)15)21(19)6-3-18-1-4-20-5-2-18/h1-6H2. The van der Waals surface area contributed by atoms with Gasteiger partial charge in [-0.05, 0) is 0 Å². The lowest BCUT2D eigenvalue weighted by molar-refractivity contribution is 0.0409. The monoisotopic (exact) mass is 329 g/mol. The summed E-state index contributed by atoms with van der Waals surface area (Å²) >= 11 is 0. The first-order valence-electron chi connectivity index (χ1n) is 6.13. The number of benzene rings is 1. The van der Waals surface area contributed by atoms with E-state index < -0.39 is 44.8 Å². The van der Waals surface area contributed by atoms with Gasteiger partial charge in [-0.3, -0.25) is 9.11 Å². The Labute approximate surface area is 120 Å². The minimum atomic E-state index is -2.32. The zero-order valence-corrected chi connectivity index (χ0v) is 11.6. The van der Waals surface area contributed by atoms with E-state index in [2.05, 4.69) is 0 Å². The SMILES string of the molecule is O=S(CCN1CCOCC1)c1c(F)c(F)c(F)c(F)c1F. The van der Waals surface area contributed by atoms with Crippen LogP contribution in [0.25, 0.3) is 0 Å². The fraction of sp³-hybridized carbons (Fsp3) is 0.500. The Kier molecular flexibility index (Phi) is 5.28. The van der Waals surface area contributed by atoms with Crippen LogP contribution in [0.5, 0.6) is 0 Å². The highest BCUT2D eigenvalue weighted by Gasteiger charge is 2.29. The normalized spacial score (nSPS) is 18.0. The molecule has 0 spiro atoms. The van der Waals surface area contributed by atoms with Crippen molar-refractivity contribution < 1.29 is 30.9 Å². The lowest BCUT2D eigenvalue weighted by Gasteiger charge is -2.26. The second-order valence-corrected chi connectivity index (χ2v) is 5.91. The molecule has 0 bridgehead atoms. The van der Waals surface area contributed by atoms with E-state index in [4.69, 9.17) is 4.74 Å². The zero-order chi connectivity index (χ0) is 15.6. The molecule has 3 nitrogen and oxygen atoms in total. The largest absolute Gasteiger partial charge is 0.379 e. The molecule has 1 aromatic carbocycles. The molecule has 1 aliphatic rings. The van der Waals surface area contributed by atoms with Crippen LogP contribution in [-0.4, -0.2) is 47.7 Å². The fourth-order valence-electron chi connectivity index (χ4n) is 1.92. The molecule has 21 heavy (non-hydrogen) atoms. The molecular weight excluding hydrogens is 317 g/mol. The summed E-state index contributed by atoms with van der Waals surface area (Å²) < 4.78 is 82.9. The van der Waals surface area contributed by atoms with Crippen molar-refractivity contribution in [3.63, 3.8) is 0 Å². The van der Waals surface area contributed by atoms with Crippen LogP contribution in [0.1, 0.15) is 0 Å². The Morgan fingerprint density at radius 2 is 1.38 bits per heavy atom. The summed E-state index contributed by atoms with van der Waals surface area (Å²) in [4.78, 5) is 0.577. The molecule has 0 saturated carbocycles. The molecule has 0 amide bonds. The highest BCUT2D eigenvalue weighted by Crippen LogP contribution is 2.25. The van der Waals surface area contributed by atoms with E-state index in [1.165, 1.54) is 0 Å². The van der Waals surface area contributed by atoms with Crippen LogP contribution >= 0.6 is 0 Å². The maximum Gasteiger partial charge on any atom is 0.200 e. The Hall–Kier alpha value is -1.06. The van der Waals surface area contributed by atoms with Crippen molar-refractivity contribution in [3.8, 4) is 0 Å². The molecule has 2 rings (SSSR count). The van der Waals surface area contributed by atoms with E-state index in [0.717, 1.165) is 0 Å². The number of morpholine rings is 1. The highest BCUT2D eigenvalue weighted by molar-refractivity contribution is 7.85. The van der Waals surface area contributed by atoms with Gasteiger partial charge >= 0.3 is 0 Å². The van der Waals surface area contributed by atoms with Crippen molar-refractivity contribution in [1.82, 2.24) is 4.90 Å². The molecule has 1 unspecified atom stereocenters. The average Bonchev–Trinajstić information content (AvgIpc) is 2.50. The third-order valence-corrected chi connectivity index (χ3v) is 4.46. The van der Waals surface area contributed by atoms with Gasteiger partial charge in [0.25, 0.3) is 0 Å². The molecule has 0 N–H and O–H groups in total. The molecule has 0 radical (unpaired) electrons. The molecule has 118 valence electrons. The van der Waals surface area contributed by atoms with E-state index in [1.54, 1.807) is 0 Å². The molecule has 9 heteroatoms. The van der Waals surface area contributed by atoms with E-state index >= 15 is 0 Å². The molecule has 0 aromatic heterocycles. The number of halogens is 5. The number of rotatable bonds is 4. The van der Waals surface area contributed by atoms with Gasteiger partial charge < -0.3 is 4.74 Å². The van der Waals surface area contributed by atoms with Crippen molar-refractivity contribution >= 4 is 10.8 Å². The quantitative estimate of drug-likeness (QED) is 0.479. The molecule has 1 aromatic rings. The summed E-state index contributed by atoms with van der Waals surface area (Å²) in [6.07, 6.45) is 0. The van der Waals surface area contributed by atoms with Gasteiger partial charge in [-0.25, -0.2) is 22.0 Å². The Morgan fingerprint density at radius 1 is 0.905 bits per heavy atom. The van der Waals surface area contributed by atoms with Gasteiger partial charge in [-0.1, -0.05) is 0 Å². The van der Waals surface area contributed by atoms with Gasteiger partial charge in [-0.2, -0.15) is 0 Å². The van der Waals surface area contributed by atoms with Gasteiger partial charge in [0.1, 0.15) is 4.90 Å². The molecule has 1 heterocycles. The summed E-state index contributed by atoms with van der Waals surface area (Å²) in [5, 5.41) is 0.